The lowest BCUT2D eigenvalue weighted by atomic mass is 10.2. The standard InChI is InChI=1S/C23H28N4O5/c1-5-16(3)25-22(29)23(30)27-24-13-17-10-11-19(20(12-17)31-4)32-14-21(28)26-18-9-7-6-8-15(18)2/h6-13,16H,5,14H2,1-4H3,(H,25,29)(H,26,28)(H,27,30)/b24-13-/t16-/m0/s1. The molecule has 0 aromatic heterocycles. The van der Waals surface area contributed by atoms with Crippen LogP contribution in [-0.2, 0) is 14.4 Å². The van der Waals surface area contributed by atoms with E-state index in [4.69, 9.17) is 9.47 Å². The molecular weight excluding hydrogens is 412 g/mol. The molecule has 32 heavy (non-hydrogen) atoms. The number of anilines is 1. The number of hydrogen-bond acceptors (Lipinski definition) is 6. The molecule has 1 atom stereocenters. The number of hydrogen-bond donors (Lipinski definition) is 3. The van der Waals surface area contributed by atoms with E-state index in [1.165, 1.54) is 13.3 Å². The van der Waals surface area contributed by atoms with Gasteiger partial charge in [-0.15, -0.1) is 0 Å². The van der Waals surface area contributed by atoms with Crippen LogP contribution in [-0.4, -0.2) is 43.7 Å². The highest BCUT2D eigenvalue weighted by atomic mass is 16.5. The van der Waals surface area contributed by atoms with Crippen molar-refractivity contribution in [2.75, 3.05) is 19.0 Å². The fourth-order valence-electron chi connectivity index (χ4n) is 2.53. The van der Waals surface area contributed by atoms with Gasteiger partial charge in [-0.3, -0.25) is 14.4 Å². The highest BCUT2D eigenvalue weighted by Gasteiger charge is 2.14. The minimum atomic E-state index is -0.854. The molecule has 2 rings (SSSR count). The molecule has 0 aliphatic heterocycles. The van der Waals surface area contributed by atoms with Crippen LogP contribution in [0.2, 0.25) is 0 Å². The van der Waals surface area contributed by atoms with Gasteiger partial charge in [0.05, 0.1) is 13.3 Å². The van der Waals surface area contributed by atoms with Crippen molar-refractivity contribution in [3.05, 3.63) is 53.6 Å². The lowest BCUT2D eigenvalue weighted by Crippen LogP contribution is -2.41. The normalized spacial score (nSPS) is 11.5. The molecule has 0 saturated heterocycles. The zero-order valence-corrected chi connectivity index (χ0v) is 18.6. The fourth-order valence-corrected chi connectivity index (χ4v) is 2.53. The highest BCUT2D eigenvalue weighted by Crippen LogP contribution is 2.27. The Labute approximate surface area is 187 Å². The van der Waals surface area contributed by atoms with Crippen molar-refractivity contribution in [1.82, 2.24) is 10.7 Å². The summed E-state index contributed by atoms with van der Waals surface area (Å²) in [4.78, 5) is 35.6. The Morgan fingerprint density at radius 3 is 2.53 bits per heavy atom. The molecule has 0 heterocycles. The number of nitrogens with one attached hydrogen (secondary N) is 3. The zero-order valence-electron chi connectivity index (χ0n) is 18.6. The quantitative estimate of drug-likeness (QED) is 0.314. The SMILES string of the molecule is CC[C@H](C)NC(=O)C(=O)N/N=C\c1ccc(OCC(=O)Nc2ccccc2C)c(OC)c1. The van der Waals surface area contributed by atoms with E-state index in [9.17, 15) is 14.4 Å². The van der Waals surface area contributed by atoms with E-state index < -0.39 is 11.8 Å². The first-order chi connectivity index (χ1) is 15.3. The van der Waals surface area contributed by atoms with Gasteiger partial charge in [0.15, 0.2) is 18.1 Å². The second-order valence-corrected chi connectivity index (χ2v) is 7.04. The van der Waals surface area contributed by atoms with Crippen molar-refractivity contribution < 1.29 is 23.9 Å². The fraction of sp³-hybridized carbons (Fsp3) is 0.304. The van der Waals surface area contributed by atoms with Crippen molar-refractivity contribution in [3.8, 4) is 11.5 Å². The van der Waals surface area contributed by atoms with Gasteiger partial charge in [0.1, 0.15) is 0 Å². The maximum absolute atomic E-state index is 12.2. The summed E-state index contributed by atoms with van der Waals surface area (Å²) in [6.45, 7) is 5.41. The zero-order chi connectivity index (χ0) is 23.5. The van der Waals surface area contributed by atoms with Crippen molar-refractivity contribution in [2.24, 2.45) is 5.10 Å². The molecule has 0 fully saturated rings. The third-order valence-electron chi connectivity index (χ3n) is 4.54. The Balaban J connectivity index is 1.92. The van der Waals surface area contributed by atoms with Gasteiger partial charge >= 0.3 is 11.8 Å². The number of nitrogens with zero attached hydrogens (tertiary/aromatic N) is 1. The van der Waals surface area contributed by atoms with E-state index in [1.54, 1.807) is 25.1 Å². The van der Waals surface area contributed by atoms with Gasteiger partial charge in [-0.05, 0) is 55.7 Å². The number of hydrazone groups is 1. The van der Waals surface area contributed by atoms with Crippen LogP contribution in [0.25, 0.3) is 0 Å². The molecular formula is C23H28N4O5. The maximum atomic E-state index is 12.2. The average Bonchev–Trinajstić information content (AvgIpc) is 2.79. The summed E-state index contributed by atoms with van der Waals surface area (Å²) in [6.07, 6.45) is 2.08. The molecule has 9 nitrogen and oxygen atoms in total. The average molecular weight is 441 g/mol. The van der Waals surface area contributed by atoms with Gasteiger partial charge in [0.25, 0.3) is 5.91 Å². The Bertz CT molecular complexity index is 990. The smallest absolute Gasteiger partial charge is 0.329 e. The summed E-state index contributed by atoms with van der Waals surface area (Å²) in [5.41, 5.74) is 4.44. The number of rotatable bonds is 9. The first-order valence-electron chi connectivity index (χ1n) is 10.1. The van der Waals surface area contributed by atoms with Crippen molar-refractivity contribution in [2.45, 2.75) is 33.2 Å². The molecule has 2 aromatic rings. The third kappa shape index (κ3) is 7.42. The number of aryl methyl sites for hydroxylation is 1. The molecule has 2 aromatic carbocycles. The van der Waals surface area contributed by atoms with E-state index in [0.717, 1.165) is 11.3 Å². The Morgan fingerprint density at radius 2 is 1.84 bits per heavy atom. The summed E-state index contributed by atoms with van der Waals surface area (Å²) in [6, 6.07) is 12.3. The minimum Gasteiger partial charge on any atom is -0.493 e. The largest absolute Gasteiger partial charge is 0.493 e. The first-order valence-corrected chi connectivity index (χ1v) is 10.1. The van der Waals surface area contributed by atoms with Gasteiger partial charge in [0.2, 0.25) is 0 Å². The summed E-state index contributed by atoms with van der Waals surface area (Å²) >= 11 is 0. The second-order valence-electron chi connectivity index (χ2n) is 7.04. The number of ether oxygens (including phenoxy) is 2. The summed E-state index contributed by atoms with van der Waals surface area (Å²) in [5.74, 6) is -1.14. The predicted molar refractivity (Wildman–Crippen MR) is 122 cm³/mol. The topological polar surface area (TPSA) is 118 Å². The van der Waals surface area contributed by atoms with Crippen LogP contribution in [0.5, 0.6) is 11.5 Å². The van der Waals surface area contributed by atoms with Crippen LogP contribution in [0.4, 0.5) is 5.69 Å². The number of carbonyl (C=O) groups excluding carboxylic acids is 3. The van der Waals surface area contributed by atoms with Gasteiger partial charge in [0, 0.05) is 11.7 Å². The summed E-state index contributed by atoms with van der Waals surface area (Å²) in [7, 11) is 1.47. The molecule has 0 saturated carbocycles. The molecule has 0 aliphatic rings. The van der Waals surface area contributed by atoms with E-state index in [0.29, 0.717) is 23.5 Å². The molecule has 0 radical (unpaired) electrons. The van der Waals surface area contributed by atoms with Crippen LogP contribution in [0.15, 0.2) is 47.6 Å². The number of methoxy groups -OCH3 is 1. The van der Waals surface area contributed by atoms with E-state index in [1.807, 2.05) is 38.1 Å². The monoisotopic (exact) mass is 440 g/mol. The molecule has 3 N–H and O–H groups in total. The van der Waals surface area contributed by atoms with Crippen molar-refractivity contribution in [3.63, 3.8) is 0 Å². The lowest BCUT2D eigenvalue weighted by Gasteiger charge is -2.12. The Morgan fingerprint density at radius 1 is 1.09 bits per heavy atom. The van der Waals surface area contributed by atoms with Gasteiger partial charge in [-0.2, -0.15) is 5.10 Å². The van der Waals surface area contributed by atoms with E-state index in [-0.39, 0.29) is 18.6 Å². The number of benzene rings is 2. The molecule has 170 valence electrons. The second kappa shape index (κ2) is 12.1. The number of amides is 3. The Hall–Kier alpha value is -3.88. The van der Waals surface area contributed by atoms with Crippen LogP contribution < -0.4 is 25.5 Å². The molecule has 3 amide bonds. The van der Waals surface area contributed by atoms with Crippen molar-refractivity contribution >= 4 is 29.6 Å². The molecule has 0 aliphatic carbocycles. The highest BCUT2D eigenvalue weighted by molar-refractivity contribution is 6.35. The van der Waals surface area contributed by atoms with Crippen molar-refractivity contribution in [1.29, 1.82) is 0 Å². The first kappa shape index (κ1) is 24.4. The summed E-state index contributed by atoms with van der Waals surface area (Å²) < 4.78 is 10.9. The van der Waals surface area contributed by atoms with Crippen LogP contribution in [0, 0.1) is 6.92 Å². The van der Waals surface area contributed by atoms with E-state index in [2.05, 4.69) is 21.2 Å². The molecule has 9 heteroatoms. The lowest BCUT2D eigenvalue weighted by molar-refractivity contribution is -0.139. The van der Waals surface area contributed by atoms with Gasteiger partial charge < -0.3 is 20.1 Å². The maximum Gasteiger partial charge on any atom is 0.329 e. The molecule has 0 bridgehead atoms. The number of carbonyl (C=O) groups is 3. The Kier molecular flexibility index (Phi) is 9.22. The van der Waals surface area contributed by atoms with Crippen LogP contribution >= 0.6 is 0 Å². The van der Waals surface area contributed by atoms with Gasteiger partial charge in [-0.1, -0.05) is 25.1 Å². The predicted octanol–water partition coefficient (Wildman–Crippen LogP) is 2.39. The third-order valence-corrected chi connectivity index (χ3v) is 4.54. The molecule has 0 spiro atoms. The number of para-hydroxylation sites is 1. The van der Waals surface area contributed by atoms with Crippen LogP contribution in [0.3, 0.4) is 0 Å². The van der Waals surface area contributed by atoms with E-state index >= 15 is 0 Å². The minimum absolute atomic E-state index is 0.104. The van der Waals surface area contributed by atoms with Gasteiger partial charge in [-0.25, -0.2) is 5.43 Å². The summed E-state index contributed by atoms with van der Waals surface area (Å²) in [5, 5.41) is 9.13. The van der Waals surface area contributed by atoms with Crippen LogP contribution in [0.1, 0.15) is 31.4 Å². The molecule has 0 unspecified atom stereocenters.